The van der Waals surface area contributed by atoms with Gasteiger partial charge in [0.1, 0.15) is 5.75 Å². The number of aromatic nitrogens is 2. The fourth-order valence-corrected chi connectivity index (χ4v) is 1.93. The van der Waals surface area contributed by atoms with Gasteiger partial charge in [0.05, 0.1) is 0 Å². The lowest BCUT2D eigenvalue weighted by Crippen LogP contribution is -1.96. The van der Waals surface area contributed by atoms with E-state index in [4.69, 9.17) is 9.26 Å². The van der Waals surface area contributed by atoms with E-state index in [0.717, 1.165) is 21.6 Å². The molecule has 4 nitrogen and oxygen atoms in total. The van der Waals surface area contributed by atoms with Crippen LogP contribution in [0, 0.1) is 6.92 Å². The van der Waals surface area contributed by atoms with E-state index < -0.39 is 0 Å². The Bertz CT molecular complexity index is 564. The molecule has 1 heterocycles. The lowest BCUT2D eigenvalue weighted by atomic mass is 10.2. The molecule has 1 fully saturated rings. The predicted molar refractivity (Wildman–Crippen MR) is 69.5 cm³/mol. The standard InChI is InChI=1S/C13H13BrN2O2/c1-8-6-10(4-5-11(8)14)17-7-12-15-13(16-18-12)9-2-3-9/h4-6,9H,2-3,7H2,1H3. The van der Waals surface area contributed by atoms with Crippen LogP contribution < -0.4 is 4.74 Å². The molecule has 1 aromatic heterocycles. The van der Waals surface area contributed by atoms with Gasteiger partial charge in [-0.25, -0.2) is 0 Å². The molecule has 18 heavy (non-hydrogen) atoms. The molecular formula is C13H13BrN2O2. The lowest BCUT2D eigenvalue weighted by Gasteiger charge is -2.05. The van der Waals surface area contributed by atoms with Crippen LogP contribution in [0.1, 0.15) is 36.0 Å². The SMILES string of the molecule is Cc1cc(OCc2nc(C3CC3)no2)ccc1Br. The molecule has 0 spiro atoms. The first-order valence-electron chi connectivity index (χ1n) is 5.94. The van der Waals surface area contributed by atoms with Gasteiger partial charge in [0.15, 0.2) is 12.4 Å². The maximum Gasteiger partial charge on any atom is 0.264 e. The fraction of sp³-hybridized carbons (Fsp3) is 0.385. The van der Waals surface area contributed by atoms with E-state index in [2.05, 4.69) is 26.1 Å². The Balaban J connectivity index is 1.63. The predicted octanol–water partition coefficient (Wildman–Crippen LogP) is 3.60. The summed E-state index contributed by atoms with van der Waals surface area (Å²) in [5.41, 5.74) is 1.14. The van der Waals surface area contributed by atoms with E-state index in [-0.39, 0.29) is 0 Å². The number of nitrogens with zero attached hydrogens (tertiary/aromatic N) is 2. The summed E-state index contributed by atoms with van der Waals surface area (Å²) < 4.78 is 11.8. The summed E-state index contributed by atoms with van der Waals surface area (Å²) in [7, 11) is 0. The molecule has 3 rings (SSSR count). The molecule has 94 valence electrons. The molecule has 1 saturated carbocycles. The average Bonchev–Trinajstić information content (AvgIpc) is 3.11. The fourth-order valence-electron chi connectivity index (χ4n) is 1.69. The topological polar surface area (TPSA) is 48.2 Å². The molecule has 1 aliphatic carbocycles. The summed E-state index contributed by atoms with van der Waals surface area (Å²) in [6.45, 7) is 2.34. The van der Waals surface area contributed by atoms with Crippen LogP contribution in [0.2, 0.25) is 0 Å². The van der Waals surface area contributed by atoms with Crippen LogP contribution in [-0.2, 0) is 6.61 Å². The van der Waals surface area contributed by atoms with Crippen LogP contribution in [0.3, 0.4) is 0 Å². The molecule has 5 heteroatoms. The van der Waals surface area contributed by atoms with Gasteiger partial charge in [0.2, 0.25) is 0 Å². The first-order chi connectivity index (χ1) is 8.72. The highest BCUT2D eigenvalue weighted by Crippen LogP contribution is 2.38. The van der Waals surface area contributed by atoms with Gasteiger partial charge in [-0.3, -0.25) is 0 Å². The highest BCUT2D eigenvalue weighted by molar-refractivity contribution is 9.10. The van der Waals surface area contributed by atoms with Gasteiger partial charge >= 0.3 is 0 Å². The van der Waals surface area contributed by atoms with E-state index in [1.165, 1.54) is 12.8 Å². The molecule has 0 atom stereocenters. The first-order valence-corrected chi connectivity index (χ1v) is 6.73. The number of aryl methyl sites for hydroxylation is 1. The van der Waals surface area contributed by atoms with Gasteiger partial charge in [-0.2, -0.15) is 4.98 Å². The third-order valence-corrected chi connectivity index (χ3v) is 3.81. The van der Waals surface area contributed by atoms with Crippen LogP contribution in [0.4, 0.5) is 0 Å². The monoisotopic (exact) mass is 308 g/mol. The van der Waals surface area contributed by atoms with Crippen LogP contribution in [0.25, 0.3) is 0 Å². The smallest absolute Gasteiger partial charge is 0.264 e. The molecule has 0 saturated heterocycles. The number of ether oxygens (including phenoxy) is 1. The number of rotatable bonds is 4. The van der Waals surface area contributed by atoms with Crippen molar-refractivity contribution in [3.63, 3.8) is 0 Å². The minimum atomic E-state index is 0.320. The summed E-state index contributed by atoms with van der Waals surface area (Å²) >= 11 is 3.46. The maximum absolute atomic E-state index is 5.62. The summed E-state index contributed by atoms with van der Waals surface area (Å²) in [5.74, 6) is 2.68. The second-order valence-corrected chi connectivity index (χ2v) is 5.37. The molecule has 1 aromatic carbocycles. The minimum absolute atomic E-state index is 0.320. The number of halogens is 1. The Hall–Kier alpha value is -1.36. The van der Waals surface area contributed by atoms with Crippen LogP contribution in [0.5, 0.6) is 5.75 Å². The quantitative estimate of drug-likeness (QED) is 0.866. The van der Waals surface area contributed by atoms with Gasteiger partial charge in [-0.05, 0) is 43.5 Å². The van der Waals surface area contributed by atoms with E-state index >= 15 is 0 Å². The highest BCUT2D eigenvalue weighted by Gasteiger charge is 2.28. The molecule has 1 aliphatic rings. The first kappa shape index (κ1) is 11.7. The van der Waals surface area contributed by atoms with Crippen molar-refractivity contribution in [1.82, 2.24) is 10.1 Å². The minimum Gasteiger partial charge on any atom is -0.484 e. The zero-order valence-electron chi connectivity index (χ0n) is 10.0. The molecule has 0 amide bonds. The van der Waals surface area contributed by atoms with E-state index in [1.54, 1.807) is 0 Å². The van der Waals surface area contributed by atoms with Crippen molar-refractivity contribution in [3.05, 3.63) is 40.0 Å². The number of hydrogen-bond donors (Lipinski definition) is 0. The van der Waals surface area contributed by atoms with E-state index in [1.807, 2.05) is 25.1 Å². The summed E-state index contributed by atoms with van der Waals surface area (Å²) in [6.07, 6.45) is 2.34. The van der Waals surface area contributed by atoms with Gasteiger partial charge in [0.25, 0.3) is 5.89 Å². The molecule has 0 N–H and O–H groups in total. The van der Waals surface area contributed by atoms with Crippen molar-refractivity contribution in [1.29, 1.82) is 0 Å². The average molecular weight is 309 g/mol. The van der Waals surface area contributed by atoms with Gasteiger partial charge in [0, 0.05) is 10.4 Å². The van der Waals surface area contributed by atoms with Crippen molar-refractivity contribution in [2.75, 3.05) is 0 Å². The van der Waals surface area contributed by atoms with Crippen LogP contribution in [-0.4, -0.2) is 10.1 Å². The number of hydrogen-bond acceptors (Lipinski definition) is 4. The van der Waals surface area contributed by atoms with Crippen molar-refractivity contribution in [2.45, 2.75) is 32.3 Å². The lowest BCUT2D eigenvalue weighted by molar-refractivity contribution is 0.242. The third-order valence-electron chi connectivity index (χ3n) is 2.92. The highest BCUT2D eigenvalue weighted by atomic mass is 79.9. The van der Waals surface area contributed by atoms with E-state index in [0.29, 0.717) is 18.4 Å². The normalized spacial score (nSPS) is 14.8. The molecule has 0 radical (unpaired) electrons. The van der Waals surface area contributed by atoms with Crippen molar-refractivity contribution < 1.29 is 9.26 Å². The Morgan fingerprint density at radius 2 is 2.28 bits per heavy atom. The van der Waals surface area contributed by atoms with Crippen molar-refractivity contribution >= 4 is 15.9 Å². The van der Waals surface area contributed by atoms with Gasteiger partial charge in [-0.1, -0.05) is 21.1 Å². The Labute approximate surface area is 113 Å². The molecular weight excluding hydrogens is 296 g/mol. The second kappa shape index (κ2) is 4.72. The van der Waals surface area contributed by atoms with E-state index in [9.17, 15) is 0 Å². The molecule has 0 unspecified atom stereocenters. The zero-order valence-corrected chi connectivity index (χ0v) is 11.6. The molecule has 0 aliphatic heterocycles. The molecule has 2 aromatic rings. The van der Waals surface area contributed by atoms with Gasteiger partial charge in [-0.15, -0.1) is 0 Å². The summed E-state index contributed by atoms with van der Waals surface area (Å²) in [5, 5.41) is 3.95. The Kier molecular flexibility index (Phi) is 3.07. The zero-order chi connectivity index (χ0) is 12.5. The largest absolute Gasteiger partial charge is 0.484 e. The van der Waals surface area contributed by atoms with Crippen molar-refractivity contribution in [3.8, 4) is 5.75 Å². The van der Waals surface area contributed by atoms with Gasteiger partial charge < -0.3 is 9.26 Å². The number of benzene rings is 1. The van der Waals surface area contributed by atoms with Crippen molar-refractivity contribution in [2.24, 2.45) is 0 Å². The van der Waals surface area contributed by atoms with Crippen LogP contribution >= 0.6 is 15.9 Å². The molecule has 0 bridgehead atoms. The Morgan fingerprint density at radius 3 is 3.00 bits per heavy atom. The van der Waals surface area contributed by atoms with Crippen LogP contribution in [0.15, 0.2) is 27.2 Å². The Morgan fingerprint density at radius 1 is 1.44 bits per heavy atom. The maximum atomic E-state index is 5.62. The summed E-state index contributed by atoms with van der Waals surface area (Å²) in [6, 6.07) is 5.85. The third kappa shape index (κ3) is 2.56. The summed E-state index contributed by atoms with van der Waals surface area (Å²) in [4.78, 5) is 4.32. The second-order valence-electron chi connectivity index (χ2n) is 4.52.